The number of hydrogen-bond acceptors (Lipinski definition) is 6. The summed E-state index contributed by atoms with van der Waals surface area (Å²) in [6.07, 6.45) is 0. The number of rotatable bonds is 6. The van der Waals surface area contributed by atoms with Crippen LogP contribution in [-0.4, -0.2) is 57.9 Å². The molecule has 0 bridgehead atoms. The Morgan fingerprint density at radius 3 is 2.58 bits per heavy atom. The lowest BCUT2D eigenvalue weighted by Gasteiger charge is -2.26. The first-order valence-electron chi connectivity index (χ1n) is 8.72. The average molecular weight is 379 g/mol. The number of hydrogen-bond donors (Lipinski definition) is 1. The number of nitrogens with zero attached hydrogens (tertiary/aromatic N) is 2. The van der Waals surface area contributed by atoms with E-state index in [0.29, 0.717) is 43.2 Å². The molecule has 1 aromatic heterocycles. The van der Waals surface area contributed by atoms with Crippen LogP contribution in [0, 0.1) is 20.8 Å². The van der Waals surface area contributed by atoms with Gasteiger partial charge >= 0.3 is 0 Å². The standard InChI is InChI=1S/C18H25N3O4S/c1-13-4-5-16(18-14(2)15(3)20-25-18)12-17(13)26(22,23)19-6-7-21-8-10-24-11-9-21/h4-5,12,19H,6-11H2,1-3H3. The summed E-state index contributed by atoms with van der Waals surface area (Å²) < 4.78 is 38.9. The van der Waals surface area contributed by atoms with Crippen molar-refractivity contribution >= 4 is 10.0 Å². The van der Waals surface area contributed by atoms with Gasteiger partial charge in [0.15, 0.2) is 5.76 Å². The maximum Gasteiger partial charge on any atom is 0.240 e. The van der Waals surface area contributed by atoms with Crippen LogP contribution >= 0.6 is 0 Å². The zero-order valence-corrected chi connectivity index (χ0v) is 16.2. The van der Waals surface area contributed by atoms with Gasteiger partial charge in [-0.15, -0.1) is 0 Å². The molecule has 8 heteroatoms. The molecule has 142 valence electrons. The van der Waals surface area contributed by atoms with Crippen molar-refractivity contribution in [1.29, 1.82) is 0 Å². The Kier molecular flexibility index (Phi) is 5.76. The Morgan fingerprint density at radius 2 is 1.92 bits per heavy atom. The van der Waals surface area contributed by atoms with Gasteiger partial charge in [0.25, 0.3) is 0 Å². The van der Waals surface area contributed by atoms with Gasteiger partial charge in [0, 0.05) is 37.3 Å². The van der Waals surface area contributed by atoms with Crippen molar-refractivity contribution in [3.8, 4) is 11.3 Å². The minimum Gasteiger partial charge on any atom is -0.379 e. The average Bonchev–Trinajstić information content (AvgIpc) is 2.95. The van der Waals surface area contributed by atoms with Crippen molar-refractivity contribution in [2.75, 3.05) is 39.4 Å². The minimum atomic E-state index is -3.60. The fourth-order valence-corrected chi connectivity index (χ4v) is 4.25. The fraction of sp³-hybridized carbons (Fsp3) is 0.500. The van der Waals surface area contributed by atoms with Crippen LogP contribution in [0.5, 0.6) is 0 Å². The van der Waals surface area contributed by atoms with Gasteiger partial charge in [-0.1, -0.05) is 17.3 Å². The molecule has 1 aromatic carbocycles. The Bertz CT molecular complexity index is 871. The summed E-state index contributed by atoms with van der Waals surface area (Å²) in [5, 5.41) is 3.95. The van der Waals surface area contributed by atoms with Crippen molar-refractivity contribution in [3.05, 3.63) is 35.0 Å². The van der Waals surface area contributed by atoms with Gasteiger partial charge in [-0.2, -0.15) is 0 Å². The normalized spacial score (nSPS) is 16.1. The maximum absolute atomic E-state index is 12.8. The van der Waals surface area contributed by atoms with E-state index in [2.05, 4.69) is 14.8 Å². The predicted octanol–water partition coefficient (Wildman–Crippen LogP) is 1.88. The molecule has 1 aliphatic heterocycles. The highest BCUT2D eigenvalue weighted by Crippen LogP contribution is 2.28. The van der Waals surface area contributed by atoms with Gasteiger partial charge in [-0.05, 0) is 32.4 Å². The van der Waals surface area contributed by atoms with Crippen LogP contribution in [0.2, 0.25) is 0 Å². The van der Waals surface area contributed by atoms with Crippen molar-refractivity contribution < 1.29 is 17.7 Å². The van der Waals surface area contributed by atoms with Crippen LogP contribution in [-0.2, 0) is 14.8 Å². The second-order valence-corrected chi connectivity index (χ2v) is 8.29. The van der Waals surface area contributed by atoms with E-state index in [0.717, 1.165) is 24.3 Å². The Labute approximate surface area is 154 Å². The van der Waals surface area contributed by atoms with Crippen LogP contribution in [0.25, 0.3) is 11.3 Å². The summed E-state index contributed by atoms with van der Waals surface area (Å²) in [5.74, 6) is 0.604. The fourth-order valence-electron chi connectivity index (χ4n) is 2.96. The molecule has 1 N–H and O–H groups in total. The van der Waals surface area contributed by atoms with Gasteiger partial charge in [-0.25, -0.2) is 13.1 Å². The topological polar surface area (TPSA) is 84.7 Å². The van der Waals surface area contributed by atoms with Gasteiger partial charge < -0.3 is 9.26 Å². The van der Waals surface area contributed by atoms with Gasteiger partial charge in [0.2, 0.25) is 10.0 Å². The van der Waals surface area contributed by atoms with Crippen molar-refractivity contribution in [2.45, 2.75) is 25.7 Å². The number of sulfonamides is 1. The highest BCUT2D eigenvalue weighted by Gasteiger charge is 2.20. The zero-order chi connectivity index (χ0) is 18.7. The molecule has 0 atom stereocenters. The molecule has 2 aromatic rings. The van der Waals surface area contributed by atoms with E-state index >= 15 is 0 Å². The Hall–Kier alpha value is -1.74. The van der Waals surface area contributed by atoms with E-state index in [1.165, 1.54) is 0 Å². The van der Waals surface area contributed by atoms with Gasteiger partial charge in [0.1, 0.15) is 0 Å². The molecule has 26 heavy (non-hydrogen) atoms. The number of aryl methyl sites for hydroxylation is 2. The molecule has 0 saturated carbocycles. The minimum absolute atomic E-state index is 0.269. The highest BCUT2D eigenvalue weighted by molar-refractivity contribution is 7.89. The third kappa shape index (κ3) is 4.15. The van der Waals surface area contributed by atoms with Gasteiger partial charge in [0.05, 0.1) is 23.8 Å². The predicted molar refractivity (Wildman–Crippen MR) is 98.6 cm³/mol. The molecule has 1 saturated heterocycles. The van der Waals surface area contributed by atoms with Crippen LogP contribution in [0.1, 0.15) is 16.8 Å². The van der Waals surface area contributed by atoms with E-state index in [9.17, 15) is 8.42 Å². The number of aromatic nitrogens is 1. The lowest BCUT2D eigenvalue weighted by molar-refractivity contribution is 0.0390. The van der Waals surface area contributed by atoms with E-state index in [1.807, 2.05) is 19.9 Å². The number of benzene rings is 1. The number of nitrogens with one attached hydrogen (secondary N) is 1. The Morgan fingerprint density at radius 1 is 1.19 bits per heavy atom. The van der Waals surface area contributed by atoms with Crippen LogP contribution < -0.4 is 4.72 Å². The summed E-state index contributed by atoms with van der Waals surface area (Å²) in [7, 11) is -3.60. The van der Waals surface area contributed by atoms with Crippen molar-refractivity contribution in [2.24, 2.45) is 0 Å². The third-order valence-electron chi connectivity index (χ3n) is 4.72. The first-order chi connectivity index (χ1) is 12.4. The molecular weight excluding hydrogens is 354 g/mol. The summed E-state index contributed by atoms with van der Waals surface area (Å²) >= 11 is 0. The Balaban J connectivity index is 1.76. The zero-order valence-electron chi connectivity index (χ0n) is 15.4. The first-order valence-corrected chi connectivity index (χ1v) is 10.2. The quantitative estimate of drug-likeness (QED) is 0.825. The monoisotopic (exact) mass is 379 g/mol. The summed E-state index contributed by atoms with van der Waals surface area (Å²) in [6, 6.07) is 5.30. The largest absolute Gasteiger partial charge is 0.379 e. The number of morpholine rings is 1. The second-order valence-electron chi connectivity index (χ2n) is 6.55. The third-order valence-corrected chi connectivity index (χ3v) is 6.32. The molecule has 1 aliphatic rings. The lowest BCUT2D eigenvalue weighted by Crippen LogP contribution is -2.41. The molecule has 3 rings (SSSR count). The summed E-state index contributed by atoms with van der Waals surface area (Å²) in [5.41, 5.74) is 3.12. The molecule has 2 heterocycles. The SMILES string of the molecule is Cc1ccc(-c2onc(C)c2C)cc1S(=O)(=O)NCCN1CCOCC1. The second kappa shape index (κ2) is 7.87. The molecule has 0 spiro atoms. The summed E-state index contributed by atoms with van der Waals surface area (Å²) in [4.78, 5) is 2.46. The van der Waals surface area contributed by atoms with Crippen LogP contribution in [0.15, 0.2) is 27.6 Å². The smallest absolute Gasteiger partial charge is 0.240 e. The van der Waals surface area contributed by atoms with E-state index in [4.69, 9.17) is 9.26 Å². The lowest BCUT2D eigenvalue weighted by atomic mass is 10.1. The highest BCUT2D eigenvalue weighted by atomic mass is 32.2. The molecule has 0 amide bonds. The molecule has 0 unspecified atom stereocenters. The van der Waals surface area contributed by atoms with Crippen molar-refractivity contribution in [3.63, 3.8) is 0 Å². The number of ether oxygens (including phenoxy) is 1. The first kappa shape index (κ1) is 19.0. The van der Waals surface area contributed by atoms with E-state index < -0.39 is 10.0 Å². The molecule has 0 aliphatic carbocycles. The maximum atomic E-state index is 12.8. The molecule has 7 nitrogen and oxygen atoms in total. The summed E-state index contributed by atoms with van der Waals surface area (Å²) in [6.45, 7) is 9.67. The van der Waals surface area contributed by atoms with Gasteiger partial charge in [-0.3, -0.25) is 4.90 Å². The van der Waals surface area contributed by atoms with E-state index in [1.54, 1.807) is 19.1 Å². The molecule has 1 fully saturated rings. The van der Waals surface area contributed by atoms with Crippen LogP contribution in [0.3, 0.4) is 0 Å². The van der Waals surface area contributed by atoms with Crippen molar-refractivity contribution in [1.82, 2.24) is 14.8 Å². The molecule has 0 radical (unpaired) electrons. The van der Waals surface area contributed by atoms with Crippen LogP contribution in [0.4, 0.5) is 0 Å². The molecular formula is C18H25N3O4S. The van der Waals surface area contributed by atoms with E-state index in [-0.39, 0.29) is 4.90 Å².